The van der Waals surface area contributed by atoms with Crippen LogP contribution in [0.1, 0.15) is 32.6 Å². The molecule has 1 aliphatic heterocycles. The highest BCUT2D eigenvalue weighted by molar-refractivity contribution is 6.33. The van der Waals surface area contributed by atoms with Crippen molar-refractivity contribution in [3.05, 3.63) is 17.3 Å². The number of pyridine rings is 1. The molecular formula is C12H18ClN3. The Balaban J connectivity index is 2.27. The topological polar surface area (TPSA) is 42.2 Å². The summed E-state index contributed by atoms with van der Waals surface area (Å²) in [5.41, 5.74) is 6.28. The second-order valence-corrected chi connectivity index (χ2v) is 4.87. The van der Waals surface area contributed by atoms with Crippen molar-refractivity contribution in [1.82, 2.24) is 4.98 Å². The lowest BCUT2D eigenvalue weighted by atomic mass is 10.1. The van der Waals surface area contributed by atoms with Crippen molar-refractivity contribution in [2.75, 3.05) is 17.2 Å². The van der Waals surface area contributed by atoms with Crippen molar-refractivity contribution in [3.8, 4) is 0 Å². The first-order valence-corrected chi connectivity index (χ1v) is 6.24. The first kappa shape index (κ1) is 11.5. The first-order valence-electron chi connectivity index (χ1n) is 5.86. The first-order chi connectivity index (χ1) is 7.68. The Labute approximate surface area is 102 Å². The Kier molecular flexibility index (Phi) is 3.54. The molecule has 1 unspecified atom stereocenters. The summed E-state index contributed by atoms with van der Waals surface area (Å²) >= 11 is 6.20. The number of anilines is 2. The molecule has 1 atom stereocenters. The standard InChI is InChI=1S/C12H18ClN3/c1-9-5-3-2-4-6-16(9)12-11(13)7-10(14)8-15-12/h7-9H,2-6,14H2,1H3. The lowest BCUT2D eigenvalue weighted by Gasteiger charge is -2.29. The average molecular weight is 240 g/mol. The van der Waals surface area contributed by atoms with Gasteiger partial charge in [-0.05, 0) is 25.8 Å². The van der Waals surface area contributed by atoms with Gasteiger partial charge in [-0.15, -0.1) is 0 Å². The van der Waals surface area contributed by atoms with E-state index in [0.29, 0.717) is 16.8 Å². The molecule has 16 heavy (non-hydrogen) atoms. The fourth-order valence-electron chi connectivity index (χ4n) is 2.25. The second-order valence-electron chi connectivity index (χ2n) is 4.47. The van der Waals surface area contributed by atoms with Crippen LogP contribution in [-0.4, -0.2) is 17.6 Å². The Bertz CT molecular complexity index is 367. The molecule has 1 saturated heterocycles. The maximum atomic E-state index is 6.20. The zero-order chi connectivity index (χ0) is 11.5. The minimum Gasteiger partial charge on any atom is -0.397 e. The van der Waals surface area contributed by atoms with Crippen molar-refractivity contribution in [2.24, 2.45) is 0 Å². The molecule has 4 heteroatoms. The van der Waals surface area contributed by atoms with Crippen LogP contribution in [0.4, 0.5) is 11.5 Å². The number of rotatable bonds is 1. The Hall–Kier alpha value is -0.960. The number of hydrogen-bond acceptors (Lipinski definition) is 3. The molecule has 88 valence electrons. The Morgan fingerprint density at radius 3 is 3.00 bits per heavy atom. The largest absolute Gasteiger partial charge is 0.397 e. The van der Waals surface area contributed by atoms with Crippen LogP contribution in [0.25, 0.3) is 0 Å². The van der Waals surface area contributed by atoms with E-state index in [1.807, 2.05) is 0 Å². The SMILES string of the molecule is CC1CCCCCN1c1ncc(N)cc1Cl. The van der Waals surface area contributed by atoms with E-state index in [2.05, 4.69) is 16.8 Å². The minimum atomic E-state index is 0.510. The zero-order valence-electron chi connectivity index (χ0n) is 9.62. The van der Waals surface area contributed by atoms with Gasteiger partial charge in [0, 0.05) is 12.6 Å². The van der Waals surface area contributed by atoms with Crippen LogP contribution in [0.2, 0.25) is 5.02 Å². The van der Waals surface area contributed by atoms with Gasteiger partial charge in [-0.1, -0.05) is 24.4 Å². The van der Waals surface area contributed by atoms with Crippen molar-refractivity contribution >= 4 is 23.1 Å². The maximum absolute atomic E-state index is 6.20. The number of halogens is 1. The van der Waals surface area contributed by atoms with E-state index in [1.165, 1.54) is 25.7 Å². The van der Waals surface area contributed by atoms with E-state index < -0.39 is 0 Å². The van der Waals surface area contributed by atoms with Gasteiger partial charge in [-0.25, -0.2) is 4.98 Å². The highest BCUT2D eigenvalue weighted by atomic mass is 35.5. The molecule has 1 aromatic heterocycles. The van der Waals surface area contributed by atoms with E-state index in [1.54, 1.807) is 12.3 Å². The molecule has 0 aliphatic carbocycles. The molecule has 0 radical (unpaired) electrons. The quantitative estimate of drug-likeness (QED) is 0.819. The fraction of sp³-hybridized carbons (Fsp3) is 0.583. The number of nitrogens with zero attached hydrogens (tertiary/aromatic N) is 2. The van der Waals surface area contributed by atoms with Crippen molar-refractivity contribution < 1.29 is 0 Å². The molecule has 3 nitrogen and oxygen atoms in total. The Morgan fingerprint density at radius 1 is 1.44 bits per heavy atom. The summed E-state index contributed by atoms with van der Waals surface area (Å²) in [6.07, 6.45) is 6.70. The van der Waals surface area contributed by atoms with Gasteiger partial charge in [0.1, 0.15) is 5.82 Å². The second kappa shape index (κ2) is 4.91. The Morgan fingerprint density at radius 2 is 2.25 bits per heavy atom. The average Bonchev–Trinajstić information content (AvgIpc) is 2.44. The lowest BCUT2D eigenvalue weighted by molar-refractivity contribution is 0.611. The van der Waals surface area contributed by atoms with Crippen LogP contribution >= 0.6 is 11.6 Å². The van der Waals surface area contributed by atoms with E-state index >= 15 is 0 Å². The van der Waals surface area contributed by atoms with Gasteiger partial charge in [-0.3, -0.25) is 0 Å². The molecule has 2 heterocycles. The molecule has 0 saturated carbocycles. The lowest BCUT2D eigenvalue weighted by Crippen LogP contribution is -2.33. The van der Waals surface area contributed by atoms with Gasteiger partial charge < -0.3 is 10.6 Å². The van der Waals surface area contributed by atoms with Crippen molar-refractivity contribution in [2.45, 2.75) is 38.6 Å². The molecule has 2 N–H and O–H groups in total. The summed E-state index contributed by atoms with van der Waals surface area (Å²) in [7, 11) is 0. The summed E-state index contributed by atoms with van der Waals surface area (Å²) in [4.78, 5) is 6.66. The zero-order valence-corrected chi connectivity index (χ0v) is 10.4. The molecule has 1 aliphatic rings. The van der Waals surface area contributed by atoms with Gasteiger partial charge in [-0.2, -0.15) is 0 Å². The van der Waals surface area contributed by atoms with Crippen LogP contribution in [0.5, 0.6) is 0 Å². The van der Waals surface area contributed by atoms with Crippen LogP contribution in [-0.2, 0) is 0 Å². The van der Waals surface area contributed by atoms with Crippen molar-refractivity contribution in [3.63, 3.8) is 0 Å². The predicted octanol–water partition coefficient (Wildman–Crippen LogP) is 3.09. The highest BCUT2D eigenvalue weighted by Crippen LogP contribution is 2.29. The maximum Gasteiger partial charge on any atom is 0.147 e. The van der Waals surface area contributed by atoms with Crippen LogP contribution in [0.3, 0.4) is 0 Å². The normalized spacial score (nSPS) is 21.9. The van der Waals surface area contributed by atoms with E-state index in [9.17, 15) is 0 Å². The molecule has 0 spiro atoms. The monoisotopic (exact) mass is 239 g/mol. The molecule has 2 rings (SSSR count). The molecule has 0 bridgehead atoms. The van der Waals surface area contributed by atoms with Crippen LogP contribution < -0.4 is 10.6 Å². The number of hydrogen-bond donors (Lipinski definition) is 1. The summed E-state index contributed by atoms with van der Waals surface area (Å²) in [6.45, 7) is 3.28. The minimum absolute atomic E-state index is 0.510. The third-order valence-corrected chi connectivity index (χ3v) is 3.45. The van der Waals surface area contributed by atoms with E-state index in [4.69, 9.17) is 17.3 Å². The van der Waals surface area contributed by atoms with Gasteiger partial charge in [0.25, 0.3) is 0 Å². The molecule has 1 fully saturated rings. The van der Waals surface area contributed by atoms with Gasteiger partial charge in [0.15, 0.2) is 0 Å². The van der Waals surface area contributed by atoms with Crippen LogP contribution in [0.15, 0.2) is 12.3 Å². The molecular weight excluding hydrogens is 222 g/mol. The number of nitrogen functional groups attached to an aromatic ring is 1. The molecule has 0 amide bonds. The number of aromatic nitrogens is 1. The predicted molar refractivity (Wildman–Crippen MR) is 68.9 cm³/mol. The highest BCUT2D eigenvalue weighted by Gasteiger charge is 2.20. The number of nitrogens with two attached hydrogens (primary N) is 1. The smallest absolute Gasteiger partial charge is 0.147 e. The van der Waals surface area contributed by atoms with Gasteiger partial charge >= 0.3 is 0 Å². The van der Waals surface area contributed by atoms with E-state index in [-0.39, 0.29) is 0 Å². The third-order valence-electron chi connectivity index (χ3n) is 3.17. The van der Waals surface area contributed by atoms with Crippen LogP contribution in [0, 0.1) is 0 Å². The van der Waals surface area contributed by atoms with E-state index in [0.717, 1.165) is 12.4 Å². The summed E-state index contributed by atoms with van der Waals surface area (Å²) < 4.78 is 0. The van der Waals surface area contributed by atoms with Gasteiger partial charge in [0.05, 0.1) is 16.9 Å². The summed E-state index contributed by atoms with van der Waals surface area (Å²) in [5.74, 6) is 0.880. The summed E-state index contributed by atoms with van der Waals surface area (Å²) in [6, 6.07) is 2.29. The van der Waals surface area contributed by atoms with Gasteiger partial charge in [0.2, 0.25) is 0 Å². The fourth-order valence-corrected chi connectivity index (χ4v) is 2.53. The third kappa shape index (κ3) is 2.40. The molecule has 0 aromatic carbocycles. The van der Waals surface area contributed by atoms with Crippen molar-refractivity contribution in [1.29, 1.82) is 0 Å². The summed E-state index contributed by atoms with van der Waals surface area (Å²) in [5, 5.41) is 0.661. The molecule has 1 aromatic rings.